The molecule has 0 aliphatic carbocycles. The molecule has 0 bridgehead atoms. The number of hydrogen-bond acceptors (Lipinski definition) is 4. The summed E-state index contributed by atoms with van der Waals surface area (Å²) >= 11 is 0. The molecule has 2 heterocycles. The highest BCUT2D eigenvalue weighted by atomic mass is 16.5. The topological polar surface area (TPSA) is 78.5 Å². The van der Waals surface area contributed by atoms with E-state index in [4.69, 9.17) is 4.52 Å². The molecule has 0 spiro atoms. The Kier molecular flexibility index (Phi) is 4.59. The molecule has 4 rings (SSSR count). The van der Waals surface area contributed by atoms with Gasteiger partial charge in [0.2, 0.25) is 0 Å². The molecule has 0 unspecified atom stereocenters. The maximum Gasteiger partial charge on any atom is 0.141 e. The summed E-state index contributed by atoms with van der Waals surface area (Å²) in [5, 5.41) is 13.5. The standard InChI is InChI=1S/C21H18N4O.CH4/c1-11-15(10-22)6-5-7-17(11)18-8-16(20-12(2)25-26-13(20)3)9-19-21(18)24-14(4)23-19;/h5-9H,1-4H3,(H,23,24);1H4. The van der Waals surface area contributed by atoms with Gasteiger partial charge in [-0.3, -0.25) is 0 Å². The predicted octanol–water partition coefficient (Wildman–Crippen LogP) is 5.63. The predicted molar refractivity (Wildman–Crippen MR) is 107 cm³/mol. The molecule has 1 N–H and O–H groups in total. The molecule has 136 valence electrons. The average molecular weight is 358 g/mol. The van der Waals surface area contributed by atoms with Crippen LogP contribution in [0.5, 0.6) is 0 Å². The van der Waals surface area contributed by atoms with Crippen LogP contribution in [0.4, 0.5) is 0 Å². The normalized spacial score (nSPS) is 10.6. The minimum absolute atomic E-state index is 0. The van der Waals surface area contributed by atoms with Gasteiger partial charge in [-0.05, 0) is 62.6 Å². The zero-order valence-electron chi connectivity index (χ0n) is 15.1. The van der Waals surface area contributed by atoms with E-state index in [2.05, 4.69) is 33.3 Å². The van der Waals surface area contributed by atoms with Crippen molar-refractivity contribution < 1.29 is 4.52 Å². The Balaban J connectivity index is 0.00000210. The molecule has 4 aromatic rings. The monoisotopic (exact) mass is 358 g/mol. The number of benzene rings is 2. The van der Waals surface area contributed by atoms with E-state index < -0.39 is 0 Å². The van der Waals surface area contributed by atoms with Crippen molar-refractivity contribution in [2.45, 2.75) is 35.1 Å². The van der Waals surface area contributed by atoms with Crippen LogP contribution >= 0.6 is 0 Å². The molecule has 0 radical (unpaired) electrons. The minimum atomic E-state index is 0. The second-order valence-electron chi connectivity index (χ2n) is 6.53. The third-order valence-electron chi connectivity index (χ3n) is 4.77. The zero-order chi connectivity index (χ0) is 18.4. The number of rotatable bonds is 2. The molecular formula is C22H22N4O. The van der Waals surface area contributed by atoms with Crippen LogP contribution < -0.4 is 0 Å². The third kappa shape index (κ3) is 2.89. The number of hydrogen-bond donors (Lipinski definition) is 1. The van der Waals surface area contributed by atoms with Crippen LogP contribution in [0.3, 0.4) is 0 Å². The summed E-state index contributed by atoms with van der Waals surface area (Å²) in [4.78, 5) is 8.01. The van der Waals surface area contributed by atoms with E-state index in [1.54, 1.807) is 0 Å². The van der Waals surface area contributed by atoms with E-state index in [1.807, 2.05) is 45.9 Å². The Labute approximate surface area is 158 Å². The van der Waals surface area contributed by atoms with Crippen molar-refractivity contribution >= 4 is 11.0 Å². The first-order chi connectivity index (χ1) is 12.5. The maximum absolute atomic E-state index is 9.39. The Bertz CT molecular complexity index is 1170. The number of aromatic nitrogens is 3. The average Bonchev–Trinajstić information content (AvgIpc) is 3.15. The van der Waals surface area contributed by atoms with Crippen molar-refractivity contribution in [2.75, 3.05) is 0 Å². The van der Waals surface area contributed by atoms with Gasteiger partial charge < -0.3 is 9.51 Å². The lowest BCUT2D eigenvalue weighted by molar-refractivity contribution is 0.393. The number of imidazole rings is 1. The van der Waals surface area contributed by atoms with Gasteiger partial charge in [0.05, 0.1) is 28.4 Å². The molecule has 5 nitrogen and oxygen atoms in total. The number of aromatic amines is 1. The van der Waals surface area contributed by atoms with E-state index in [-0.39, 0.29) is 7.43 Å². The first-order valence-corrected chi connectivity index (χ1v) is 8.43. The lowest BCUT2D eigenvalue weighted by atomic mass is 9.92. The Morgan fingerprint density at radius 1 is 1.07 bits per heavy atom. The van der Waals surface area contributed by atoms with Crippen molar-refractivity contribution in [2.24, 2.45) is 0 Å². The van der Waals surface area contributed by atoms with Crippen LogP contribution in [-0.4, -0.2) is 15.1 Å². The highest BCUT2D eigenvalue weighted by Crippen LogP contribution is 2.37. The smallest absolute Gasteiger partial charge is 0.141 e. The van der Waals surface area contributed by atoms with Gasteiger partial charge >= 0.3 is 0 Å². The van der Waals surface area contributed by atoms with Gasteiger partial charge in [-0.25, -0.2) is 4.98 Å². The van der Waals surface area contributed by atoms with Crippen molar-refractivity contribution in [1.82, 2.24) is 15.1 Å². The molecule has 0 atom stereocenters. The van der Waals surface area contributed by atoms with Gasteiger partial charge in [0.25, 0.3) is 0 Å². The fourth-order valence-corrected chi connectivity index (χ4v) is 3.53. The highest BCUT2D eigenvalue weighted by Gasteiger charge is 2.18. The van der Waals surface area contributed by atoms with Crippen LogP contribution in [0, 0.1) is 39.0 Å². The summed E-state index contributed by atoms with van der Waals surface area (Å²) in [6.45, 7) is 7.77. The van der Waals surface area contributed by atoms with Gasteiger partial charge in [-0.15, -0.1) is 0 Å². The fraction of sp³-hybridized carbons (Fsp3) is 0.227. The van der Waals surface area contributed by atoms with E-state index in [9.17, 15) is 5.26 Å². The molecule has 0 fully saturated rings. The number of H-pyrrole nitrogens is 1. The Morgan fingerprint density at radius 3 is 2.52 bits per heavy atom. The Morgan fingerprint density at radius 2 is 1.85 bits per heavy atom. The lowest BCUT2D eigenvalue weighted by Crippen LogP contribution is -1.91. The van der Waals surface area contributed by atoms with Crippen LogP contribution in [-0.2, 0) is 0 Å². The zero-order valence-corrected chi connectivity index (χ0v) is 15.1. The second-order valence-corrected chi connectivity index (χ2v) is 6.53. The second kappa shape index (κ2) is 6.73. The van der Waals surface area contributed by atoms with E-state index in [0.29, 0.717) is 5.56 Å². The van der Waals surface area contributed by atoms with E-state index in [1.165, 1.54) is 0 Å². The SMILES string of the molecule is C.Cc1nc2c(-c3cccc(C#N)c3C)cc(-c3c(C)noc3C)cc2[nH]1. The summed E-state index contributed by atoms with van der Waals surface area (Å²) < 4.78 is 5.35. The van der Waals surface area contributed by atoms with Gasteiger partial charge in [0.1, 0.15) is 11.6 Å². The molecule has 2 aromatic carbocycles. The van der Waals surface area contributed by atoms with Crippen LogP contribution in [0.2, 0.25) is 0 Å². The molecule has 0 saturated carbocycles. The summed E-state index contributed by atoms with van der Waals surface area (Å²) in [6.07, 6.45) is 0. The summed E-state index contributed by atoms with van der Waals surface area (Å²) in [5.41, 5.74) is 8.35. The first kappa shape index (κ1) is 18.4. The molecule has 0 amide bonds. The van der Waals surface area contributed by atoms with E-state index >= 15 is 0 Å². The summed E-state index contributed by atoms with van der Waals surface area (Å²) in [5.74, 6) is 1.64. The molecule has 2 aromatic heterocycles. The summed E-state index contributed by atoms with van der Waals surface area (Å²) in [6, 6.07) is 12.2. The number of nitriles is 1. The van der Waals surface area contributed by atoms with Crippen LogP contribution in [0.15, 0.2) is 34.9 Å². The van der Waals surface area contributed by atoms with Gasteiger partial charge in [-0.1, -0.05) is 24.7 Å². The van der Waals surface area contributed by atoms with Crippen LogP contribution in [0.1, 0.15) is 35.8 Å². The number of nitrogens with one attached hydrogen (secondary N) is 1. The number of fused-ring (bicyclic) bond motifs is 1. The molecule has 0 aliphatic rings. The lowest BCUT2D eigenvalue weighted by Gasteiger charge is -2.11. The van der Waals surface area contributed by atoms with E-state index in [0.717, 1.165) is 56.1 Å². The molecular weight excluding hydrogens is 336 g/mol. The van der Waals surface area contributed by atoms with Crippen molar-refractivity contribution in [1.29, 1.82) is 5.26 Å². The van der Waals surface area contributed by atoms with Gasteiger partial charge in [-0.2, -0.15) is 5.26 Å². The number of aryl methyl sites for hydroxylation is 3. The Hall–Kier alpha value is -3.39. The largest absolute Gasteiger partial charge is 0.361 e. The van der Waals surface area contributed by atoms with Crippen molar-refractivity contribution in [3.8, 4) is 28.3 Å². The van der Waals surface area contributed by atoms with Crippen molar-refractivity contribution in [3.63, 3.8) is 0 Å². The quantitative estimate of drug-likeness (QED) is 0.504. The number of nitrogens with zero attached hydrogens (tertiary/aromatic N) is 3. The summed E-state index contributed by atoms with van der Waals surface area (Å²) in [7, 11) is 0. The third-order valence-corrected chi connectivity index (χ3v) is 4.77. The first-order valence-electron chi connectivity index (χ1n) is 8.43. The molecule has 0 aliphatic heterocycles. The fourth-order valence-electron chi connectivity index (χ4n) is 3.53. The van der Waals surface area contributed by atoms with Gasteiger partial charge in [0.15, 0.2) is 0 Å². The van der Waals surface area contributed by atoms with Gasteiger partial charge in [0, 0.05) is 11.1 Å². The highest BCUT2D eigenvalue weighted by molar-refractivity contribution is 5.97. The molecule has 27 heavy (non-hydrogen) atoms. The van der Waals surface area contributed by atoms with Crippen molar-refractivity contribution in [3.05, 3.63) is 58.7 Å². The van der Waals surface area contributed by atoms with Crippen LogP contribution in [0.25, 0.3) is 33.3 Å². The maximum atomic E-state index is 9.39. The minimum Gasteiger partial charge on any atom is -0.361 e. The molecule has 0 saturated heterocycles. The molecule has 5 heteroatoms.